The second kappa shape index (κ2) is 6.84. The van der Waals surface area contributed by atoms with Crippen LogP contribution in [-0.4, -0.2) is 33.7 Å². The number of methoxy groups -OCH3 is 1. The van der Waals surface area contributed by atoms with Crippen molar-refractivity contribution in [1.29, 1.82) is 0 Å². The molecule has 114 valence electrons. The Labute approximate surface area is 124 Å². The number of unbranched alkanes of at least 4 members (excludes halogenated alkanes) is 1. The van der Waals surface area contributed by atoms with Crippen LogP contribution < -0.4 is 10.5 Å². The summed E-state index contributed by atoms with van der Waals surface area (Å²) in [5, 5.41) is 0.742. The zero-order valence-corrected chi connectivity index (χ0v) is 12.7. The van der Waals surface area contributed by atoms with Gasteiger partial charge in [-0.2, -0.15) is 0 Å². The van der Waals surface area contributed by atoms with Crippen molar-refractivity contribution in [3.63, 3.8) is 0 Å². The van der Waals surface area contributed by atoms with Crippen molar-refractivity contribution >= 4 is 26.7 Å². The fourth-order valence-corrected chi connectivity index (χ4v) is 3.06. The smallest absolute Gasteiger partial charge is 0.240 e. The lowest BCUT2D eigenvalue weighted by Gasteiger charge is -2.08. The van der Waals surface area contributed by atoms with Gasteiger partial charge in [0.1, 0.15) is 5.82 Å². The number of anilines is 1. The van der Waals surface area contributed by atoms with Gasteiger partial charge in [0.15, 0.2) is 0 Å². The van der Waals surface area contributed by atoms with Gasteiger partial charge in [-0.3, -0.25) is 0 Å². The van der Waals surface area contributed by atoms with Gasteiger partial charge in [0.25, 0.3) is 0 Å². The van der Waals surface area contributed by atoms with Crippen LogP contribution in [0.3, 0.4) is 0 Å². The first-order chi connectivity index (χ1) is 10.0. The van der Waals surface area contributed by atoms with Gasteiger partial charge >= 0.3 is 0 Å². The average Bonchev–Trinajstić information content (AvgIpc) is 2.46. The molecule has 0 unspecified atom stereocenters. The van der Waals surface area contributed by atoms with E-state index in [2.05, 4.69) is 9.71 Å². The van der Waals surface area contributed by atoms with E-state index < -0.39 is 10.0 Å². The minimum Gasteiger partial charge on any atom is -0.385 e. The minimum absolute atomic E-state index is 0.230. The van der Waals surface area contributed by atoms with E-state index in [0.29, 0.717) is 24.5 Å². The number of nitrogens with two attached hydrogens (primary N) is 1. The number of nitrogens with one attached hydrogen (secondary N) is 1. The van der Waals surface area contributed by atoms with E-state index in [1.165, 1.54) is 6.07 Å². The summed E-state index contributed by atoms with van der Waals surface area (Å²) >= 11 is 0. The molecule has 0 spiro atoms. The maximum atomic E-state index is 12.2. The van der Waals surface area contributed by atoms with E-state index in [4.69, 9.17) is 10.5 Å². The van der Waals surface area contributed by atoms with Crippen molar-refractivity contribution in [3.05, 3.63) is 30.3 Å². The molecule has 0 bridgehead atoms. The molecule has 0 aliphatic carbocycles. The van der Waals surface area contributed by atoms with Crippen LogP contribution >= 0.6 is 0 Å². The van der Waals surface area contributed by atoms with Crippen molar-refractivity contribution < 1.29 is 13.2 Å². The molecule has 2 aromatic rings. The zero-order chi connectivity index (χ0) is 15.3. The van der Waals surface area contributed by atoms with Crippen LogP contribution in [0.15, 0.2) is 35.2 Å². The van der Waals surface area contributed by atoms with E-state index in [9.17, 15) is 8.42 Å². The monoisotopic (exact) mass is 309 g/mol. The second-order valence-electron chi connectivity index (χ2n) is 4.69. The van der Waals surface area contributed by atoms with Gasteiger partial charge in [-0.15, -0.1) is 0 Å². The van der Waals surface area contributed by atoms with Crippen LogP contribution in [0, 0.1) is 0 Å². The topological polar surface area (TPSA) is 94.3 Å². The van der Waals surface area contributed by atoms with Gasteiger partial charge in [-0.25, -0.2) is 18.1 Å². The molecule has 0 saturated heterocycles. The third-order valence-corrected chi connectivity index (χ3v) is 4.52. The van der Waals surface area contributed by atoms with Crippen LogP contribution in [0.5, 0.6) is 0 Å². The van der Waals surface area contributed by atoms with Crippen LogP contribution in [0.2, 0.25) is 0 Å². The molecule has 7 heteroatoms. The Morgan fingerprint density at radius 1 is 1.24 bits per heavy atom. The first kappa shape index (κ1) is 15.7. The highest BCUT2D eigenvalue weighted by atomic mass is 32.2. The Morgan fingerprint density at radius 2 is 2.05 bits per heavy atom. The predicted molar refractivity (Wildman–Crippen MR) is 82.5 cm³/mol. The van der Waals surface area contributed by atoms with E-state index in [1.54, 1.807) is 31.4 Å². The fourth-order valence-electron chi connectivity index (χ4n) is 1.95. The molecule has 1 heterocycles. The zero-order valence-electron chi connectivity index (χ0n) is 11.9. The Balaban J connectivity index is 2.11. The maximum absolute atomic E-state index is 12.2. The Kier molecular flexibility index (Phi) is 5.11. The predicted octanol–water partition coefficient (Wildman–Crippen LogP) is 1.52. The SMILES string of the molecule is COCCCCNS(=O)(=O)c1ccc2nc(N)ccc2c1. The number of pyridine rings is 1. The number of benzene rings is 1. The molecule has 2 rings (SSSR count). The van der Waals surface area contributed by atoms with Crippen molar-refractivity contribution in [1.82, 2.24) is 9.71 Å². The molecule has 0 aliphatic heterocycles. The number of hydrogen-bond acceptors (Lipinski definition) is 5. The molecule has 0 fully saturated rings. The highest BCUT2D eigenvalue weighted by Crippen LogP contribution is 2.18. The molecule has 0 radical (unpaired) electrons. The first-order valence-electron chi connectivity index (χ1n) is 6.68. The van der Waals surface area contributed by atoms with E-state index in [1.807, 2.05) is 0 Å². The summed E-state index contributed by atoms with van der Waals surface area (Å²) in [4.78, 5) is 4.37. The molecule has 21 heavy (non-hydrogen) atoms. The second-order valence-corrected chi connectivity index (χ2v) is 6.46. The Hall–Kier alpha value is -1.70. The summed E-state index contributed by atoms with van der Waals surface area (Å²) in [5.74, 6) is 0.411. The molecule has 0 saturated carbocycles. The molecule has 0 amide bonds. The van der Waals surface area contributed by atoms with Crippen LogP contribution in [0.1, 0.15) is 12.8 Å². The highest BCUT2D eigenvalue weighted by Gasteiger charge is 2.13. The third-order valence-electron chi connectivity index (χ3n) is 3.06. The van der Waals surface area contributed by atoms with Crippen molar-refractivity contribution in [2.75, 3.05) is 26.0 Å². The number of hydrogen-bond donors (Lipinski definition) is 2. The molecular formula is C14H19N3O3S. The number of fused-ring (bicyclic) bond motifs is 1. The first-order valence-corrected chi connectivity index (χ1v) is 8.16. The molecule has 1 aromatic heterocycles. The van der Waals surface area contributed by atoms with Crippen molar-refractivity contribution in [3.8, 4) is 0 Å². The minimum atomic E-state index is -3.50. The Bertz CT molecular complexity index is 716. The summed E-state index contributed by atoms with van der Waals surface area (Å²) in [6.07, 6.45) is 1.55. The van der Waals surface area contributed by atoms with Crippen molar-refractivity contribution in [2.24, 2.45) is 0 Å². The highest BCUT2D eigenvalue weighted by molar-refractivity contribution is 7.89. The summed E-state index contributed by atoms with van der Waals surface area (Å²) in [5.41, 5.74) is 6.28. The van der Waals surface area contributed by atoms with Gasteiger partial charge in [-0.1, -0.05) is 0 Å². The number of ether oxygens (including phenoxy) is 1. The average molecular weight is 309 g/mol. The number of aromatic nitrogens is 1. The largest absolute Gasteiger partial charge is 0.385 e. The normalized spacial score (nSPS) is 11.9. The number of rotatable bonds is 7. The third kappa shape index (κ3) is 4.13. The molecule has 0 atom stereocenters. The number of sulfonamides is 1. The van der Waals surface area contributed by atoms with Crippen molar-refractivity contribution in [2.45, 2.75) is 17.7 Å². The Morgan fingerprint density at radius 3 is 2.81 bits per heavy atom. The quantitative estimate of drug-likeness (QED) is 0.756. The molecular weight excluding hydrogens is 290 g/mol. The molecule has 6 nitrogen and oxygen atoms in total. The van der Waals surface area contributed by atoms with Crippen LogP contribution in [0.4, 0.5) is 5.82 Å². The lowest BCUT2D eigenvalue weighted by atomic mass is 10.2. The fraction of sp³-hybridized carbons (Fsp3) is 0.357. The number of nitrogen functional groups attached to an aromatic ring is 1. The lowest BCUT2D eigenvalue weighted by Crippen LogP contribution is -2.25. The summed E-state index contributed by atoms with van der Waals surface area (Å²) in [6.45, 7) is 1.02. The van der Waals surface area contributed by atoms with Crippen LogP contribution in [0.25, 0.3) is 10.9 Å². The molecule has 0 aliphatic rings. The van der Waals surface area contributed by atoms with E-state index >= 15 is 0 Å². The lowest BCUT2D eigenvalue weighted by molar-refractivity contribution is 0.193. The van der Waals surface area contributed by atoms with Crippen LogP contribution in [-0.2, 0) is 14.8 Å². The molecule has 1 aromatic carbocycles. The maximum Gasteiger partial charge on any atom is 0.240 e. The molecule has 3 N–H and O–H groups in total. The number of nitrogens with zero attached hydrogens (tertiary/aromatic N) is 1. The van der Waals surface area contributed by atoms with E-state index in [0.717, 1.165) is 18.2 Å². The van der Waals surface area contributed by atoms with Gasteiger partial charge in [0.2, 0.25) is 10.0 Å². The summed E-state index contributed by atoms with van der Waals surface area (Å²) < 4.78 is 31.9. The summed E-state index contributed by atoms with van der Waals surface area (Å²) in [6, 6.07) is 8.20. The van der Waals surface area contributed by atoms with Gasteiger partial charge in [0, 0.05) is 25.6 Å². The van der Waals surface area contributed by atoms with Gasteiger partial charge in [-0.05, 0) is 43.2 Å². The van der Waals surface area contributed by atoms with Gasteiger partial charge < -0.3 is 10.5 Å². The van der Waals surface area contributed by atoms with E-state index in [-0.39, 0.29) is 4.90 Å². The standard InChI is InChI=1S/C14H19N3O3S/c1-20-9-3-2-8-16-21(18,19)12-5-6-13-11(10-12)4-7-14(15)17-13/h4-7,10,16H,2-3,8-9H2,1H3,(H2,15,17). The van der Waals surface area contributed by atoms with Gasteiger partial charge in [0.05, 0.1) is 10.4 Å². The summed E-state index contributed by atoms with van der Waals surface area (Å²) in [7, 11) is -1.87.